The van der Waals surface area contributed by atoms with Crippen molar-refractivity contribution in [3.63, 3.8) is 0 Å². The molecule has 25 heavy (non-hydrogen) atoms. The monoisotopic (exact) mass is 364 g/mol. The SMILES string of the molecule is CCOC(=O)c1sc(C(C)NC(=NC)NCc2ccnn2C)nc1C. The molecule has 0 aliphatic carbocycles. The highest BCUT2D eigenvalue weighted by atomic mass is 32.1. The van der Waals surface area contributed by atoms with Crippen LogP contribution in [0, 0.1) is 6.92 Å². The van der Waals surface area contributed by atoms with Crippen LogP contribution in [0.15, 0.2) is 17.3 Å². The number of guanidine groups is 1. The zero-order valence-corrected chi connectivity index (χ0v) is 16.0. The lowest BCUT2D eigenvalue weighted by Gasteiger charge is -2.16. The number of ether oxygens (including phenoxy) is 1. The molecule has 0 amide bonds. The van der Waals surface area contributed by atoms with Gasteiger partial charge in [0.05, 0.1) is 30.6 Å². The molecule has 8 nitrogen and oxygen atoms in total. The Kier molecular flexibility index (Phi) is 6.51. The molecule has 0 saturated carbocycles. The largest absolute Gasteiger partial charge is 0.462 e. The molecule has 2 N–H and O–H groups in total. The first kappa shape index (κ1) is 18.9. The van der Waals surface area contributed by atoms with Crippen LogP contribution in [-0.2, 0) is 18.3 Å². The van der Waals surface area contributed by atoms with Gasteiger partial charge in [-0.25, -0.2) is 9.78 Å². The summed E-state index contributed by atoms with van der Waals surface area (Å²) < 4.78 is 6.87. The third kappa shape index (κ3) is 4.79. The van der Waals surface area contributed by atoms with Crippen molar-refractivity contribution in [2.24, 2.45) is 12.0 Å². The minimum atomic E-state index is -0.324. The molecule has 2 rings (SSSR count). The first-order chi connectivity index (χ1) is 12.0. The van der Waals surface area contributed by atoms with Crippen LogP contribution in [0.25, 0.3) is 0 Å². The van der Waals surface area contributed by atoms with E-state index in [4.69, 9.17) is 4.74 Å². The van der Waals surface area contributed by atoms with Crippen molar-refractivity contribution in [3.05, 3.63) is 33.5 Å². The van der Waals surface area contributed by atoms with E-state index < -0.39 is 0 Å². The Bertz CT molecular complexity index is 752. The van der Waals surface area contributed by atoms with E-state index >= 15 is 0 Å². The van der Waals surface area contributed by atoms with E-state index in [1.807, 2.05) is 27.0 Å². The summed E-state index contributed by atoms with van der Waals surface area (Å²) in [5.74, 6) is 0.328. The van der Waals surface area contributed by atoms with Crippen LogP contribution in [0.2, 0.25) is 0 Å². The molecule has 2 aromatic rings. The summed E-state index contributed by atoms with van der Waals surface area (Å²) in [4.78, 5) is 21.2. The number of hydrogen-bond donors (Lipinski definition) is 2. The van der Waals surface area contributed by atoms with Gasteiger partial charge in [-0.15, -0.1) is 11.3 Å². The summed E-state index contributed by atoms with van der Waals surface area (Å²) in [5.41, 5.74) is 1.73. The minimum absolute atomic E-state index is 0.0930. The zero-order chi connectivity index (χ0) is 18.4. The summed E-state index contributed by atoms with van der Waals surface area (Å²) in [6.45, 7) is 6.54. The van der Waals surface area contributed by atoms with E-state index in [0.29, 0.717) is 29.7 Å². The van der Waals surface area contributed by atoms with Gasteiger partial charge in [0.25, 0.3) is 0 Å². The van der Waals surface area contributed by atoms with Crippen LogP contribution in [-0.4, -0.2) is 40.3 Å². The third-order valence-electron chi connectivity index (χ3n) is 3.58. The molecular formula is C16H24N6O2S. The lowest BCUT2D eigenvalue weighted by Crippen LogP contribution is -2.38. The second kappa shape index (κ2) is 8.61. The van der Waals surface area contributed by atoms with E-state index in [2.05, 4.69) is 25.7 Å². The van der Waals surface area contributed by atoms with Gasteiger partial charge in [0, 0.05) is 20.3 Å². The van der Waals surface area contributed by atoms with Crippen LogP contribution in [0.1, 0.15) is 46.0 Å². The van der Waals surface area contributed by atoms with Gasteiger partial charge in [0.15, 0.2) is 5.96 Å². The predicted molar refractivity (Wildman–Crippen MR) is 97.8 cm³/mol. The minimum Gasteiger partial charge on any atom is -0.462 e. The average molecular weight is 364 g/mol. The molecule has 0 aromatic carbocycles. The Hall–Kier alpha value is -2.42. The molecule has 2 aromatic heterocycles. The Balaban J connectivity index is 2.00. The quantitative estimate of drug-likeness (QED) is 0.461. The van der Waals surface area contributed by atoms with Gasteiger partial charge in [-0.1, -0.05) is 0 Å². The second-order valence-electron chi connectivity index (χ2n) is 5.43. The molecule has 0 spiro atoms. The van der Waals surface area contributed by atoms with Gasteiger partial charge in [-0.3, -0.25) is 9.67 Å². The fraction of sp³-hybridized carbons (Fsp3) is 0.500. The van der Waals surface area contributed by atoms with Crippen LogP contribution in [0.5, 0.6) is 0 Å². The van der Waals surface area contributed by atoms with Crippen molar-refractivity contribution in [3.8, 4) is 0 Å². The molecule has 0 bridgehead atoms. The molecule has 0 fully saturated rings. The summed E-state index contributed by atoms with van der Waals surface area (Å²) in [6, 6.07) is 1.85. The Labute approximate surface area is 151 Å². The number of rotatable bonds is 6. The standard InChI is InChI=1S/C16H24N6O2S/c1-6-24-15(23)13-10(2)20-14(25-13)11(3)21-16(17-4)18-9-12-7-8-19-22(12)5/h7-8,11H,6,9H2,1-5H3,(H2,17,18,21). The van der Waals surface area contributed by atoms with Crippen molar-refractivity contribution in [2.75, 3.05) is 13.7 Å². The van der Waals surface area contributed by atoms with Gasteiger partial charge >= 0.3 is 5.97 Å². The summed E-state index contributed by atoms with van der Waals surface area (Å²) in [7, 11) is 3.60. The summed E-state index contributed by atoms with van der Waals surface area (Å²) in [5, 5.41) is 11.5. The first-order valence-electron chi connectivity index (χ1n) is 8.04. The average Bonchev–Trinajstić information content (AvgIpc) is 3.17. The number of thiazole rings is 1. The molecule has 136 valence electrons. The fourth-order valence-electron chi connectivity index (χ4n) is 2.20. The van der Waals surface area contributed by atoms with Gasteiger partial charge in [-0.05, 0) is 26.8 Å². The van der Waals surface area contributed by atoms with Gasteiger partial charge in [0.2, 0.25) is 0 Å². The molecule has 0 aliphatic rings. The number of esters is 1. The van der Waals surface area contributed by atoms with Gasteiger partial charge in [0.1, 0.15) is 9.88 Å². The highest BCUT2D eigenvalue weighted by Crippen LogP contribution is 2.24. The maximum atomic E-state index is 11.9. The number of carbonyl (C=O) groups excluding carboxylic acids is 1. The van der Waals surface area contributed by atoms with Crippen molar-refractivity contribution in [1.29, 1.82) is 0 Å². The molecular weight excluding hydrogens is 340 g/mol. The number of aromatic nitrogens is 3. The Morgan fingerprint density at radius 2 is 2.28 bits per heavy atom. The van der Waals surface area contributed by atoms with Gasteiger partial charge < -0.3 is 15.4 Å². The maximum Gasteiger partial charge on any atom is 0.350 e. The maximum absolute atomic E-state index is 11.9. The van der Waals surface area contributed by atoms with Crippen LogP contribution < -0.4 is 10.6 Å². The van der Waals surface area contributed by atoms with Crippen LogP contribution in [0.3, 0.4) is 0 Å². The molecule has 0 radical (unpaired) electrons. The van der Waals surface area contributed by atoms with E-state index in [1.165, 1.54) is 11.3 Å². The topological polar surface area (TPSA) is 93.4 Å². The molecule has 1 atom stereocenters. The van der Waals surface area contributed by atoms with E-state index in [-0.39, 0.29) is 12.0 Å². The first-order valence-corrected chi connectivity index (χ1v) is 8.86. The fourth-order valence-corrected chi connectivity index (χ4v) is 3.16. The highest BCUT2D eigenvalue weighted by Gasteiger charge is 2.20. The van der Waals surface area contributed by atoms with Crippen molar-refractivity contribution >= 4 is 23.3 Å². The summed E-state index contributed by atoms with van der Waals surface area (Å²) in [6.07, 6.45) is 1.76. The van der Waals surface area contributed by atoms with E-state index in [1.54, 1.807) is 24.9 Å². The van der Waals surface area contributed by atoms with Crippen molar-refractivity contribution in [1.82, 2.24) is 25.4 Å². The number of aliphatic imine (C=N–C) groups is 1. The Morgan fingerprint density at radius 1 is 1.52 bits per heavy atom. The Morgan fingerprint density at radius 3 is 2.88 bits per heavy atom. The van der Waals surface area contributed by atoms with Crippen molar-refractivity contribution < 1.29 is 9.53 Å². The van der Waals surface area contributed by atoms with Gasteiger partial charge in [-0.2, -0.15) is 5.10 Å². The normalized spacial score (nSPS) is 12.8. The van der Waals surface area contributed by atoms with E-state index in [0.717, 1.165) is 10.7 Å². The smallest absolute Gasteiger partial charge is 0.350 e. The van der Waals surface area contributed by atoms with E-state index in [9.17, 15) is 4.79 Å². The highest BCUT2D eigenvalue weighted by molar-refractivity contribution is 7.13. The molecule has 1 unspecified atom stereocenters. The molecule has 9 heteroatoms. The molecule has 2 heterocycles. The van der Waals surface area contributed by atoms with Crippen LogP contribution in [0.4, 0.5) is 0 Å². The third-order valence-corrected chi connectivity index (χ3v) is 4.90. The number of carbonyl (C=O) groups is 1. The summed E-state index contributed by atoms with van der Waals surface area (Å²) >= 11 is 1.34. The second-order valence-corrected chi connectivity index (χ2v) is 6.46. The molecule has 0 aliphatic heterocycles. The predicted octanol–water partition coefficient (Wildman–Crippen LogP) is 1.79. The number of nitrogens with one attached hydrogen (secondary N) is 2. The lowest BCUT2D eigenvalue weighted by atomic mass is 10.3. The number of aryl methyl sites for hydroxylation is 2. The molecule has 0 saturated heterocycles. The zero-order valence-electron chi connectivity index (χ0n) is 15.2. The van der Waals surface area contributed by atoms with Crippen LogP contribution >= 0.6 is 11.3 Å². The van der Waals surface area contributed by atoms with Crippen molar-refractivity contribution in [2.45, 2.75) is 33.4 Å². The number of nitrogens with zero attached hydrogens (tertiary/aromatic N) is 4. The number of hydrogen-bond acceptors (Lipinski definition) is 6. The lowest BCUT2D eigenvalue weighted by molar-refractivity contribution is 0.0531.